The van der Waals surface area contributed by atoms with E-state index in [1.54, 1.807) is 11.3 Å². The number of fused-ring (bicyclic) bond motifs is 1. The van der Waals surface area contributed by atoms with E-state index in [1.807, 2.05) is 11.6 Å². The van der Waals surface area contributed by atoms with Crippen molar-refractivity contribution in [3.63, 3.8) is 0 Å². The number of amides is 1. The Labute approximate surface area is 160 Å². The summed E-state index contributed by atoms with van der Waals surface area (Å²) in [6.45, 7) is 11.2. The highest BCUT2D eigenvalue weighted by Crippen LogP contribution is 2.29. The maximum Gasteiger partial charge on any atom is 0.252 e. The van der Waals surface area contributed by atoms with E-state index >= 15 is 0 Å². The molecule has 0 unspecified atom stereocenters. The molecule has 1 N–H and O–H groups in total. The van der Waals surface area contributed by atoms with Crippen LogP contribution in [-0.4, -0.2) is 28.4 Å². The quantitative estimate of drug-likeness (QED) is 0.833. The molecule has 0 aliphatic carbocycles. The zero-order valence-corrected chi connectivity index (χ0v) is 17.0. The Balaban J connectivity index is 1.64. The van der Waals surface area contributed by atoms with Crippen molar-refractivity contribution in [2.45, 2.75) is 59.7 Å². The van der Waals surface area contributed by atoms with Gasteiger partial charge in [0.05, 0.1) is 11.3 Å². The van der Waals surface area contributed by atoms with Crippen LogP contribution in [0, 0.1) is 5.92 Å². The lowest BCUT2D eigenvalue weighted by Crippen LogP contribution is -2.37. The third kappa shape index (κ3) is 4.33. The molecular weight excluding hydrogens is 342 g/mol. The van der Waals surface area contributed by atoms with Crippen molar-refractivity contribution in [2.75, 3.05) is 6.54 Å². The van der Waals surface area contributed by atoms with Gasteiger partial charge in [-0.2, -0.15) is 0 Å². The summed E-state index contributed by atoms with van der Waals surface area (Å²) in [5, 5.41) is 5.17. The first kappa shape index (κ1) is 19.1. The van der Waals surface area contributed by atoms with Crippen molar-refractivity contribution >= 4 is 17.2 Å². The molecule has 4 nitrogen and oxygen atoms in total. The lowest BCUT2D eigenvalue weighted by atomic mass is 10.0. The molecule has 0 saturated carbocycles. The van der Waals surface area contributed by atoms with E-state index in [-0.39, 0.29) is 11.9 Å². The Kier molecular flexibility index (Phi) is 6.09. The molecule has 0 fully saturated rings. The number of hydrogen-bond donors (Lipinski definition) is 1. The molecule has 0 saturated heterocycles. The first-order valence-corrected chi connectivity index (χ1v) is 10.4. The SMILES string of the molecule is CCc1ccc(CN2CCc3c(C(=O)N[C@H](C)C(C)C)csc3C2)nc1. The topological polar surface area (TPSA) is 45.2 Å². The second-order valence-electron chi connectivity index (χ2n) is 7.53. The first-order chi connectivity index (χ1) is 12.5. The molecule has 1 atom stereocenters. The molecule has 1 aliphatic rings. The van der Waals surface area contributed by atoms with E-state index in [0.29, 0.717) is 5.92 Å². The minimum atomic E-state index is 0.0778. The molecule has 3 heterocycles. The molecule has 3 rings (SSSR count). The average molecular weight is 372 g/mol. The number of hydrogen-bond acceptors (Lipinski definition) is 4. The van der Waals surface area contributed by atoms with E-state index < -0.39 is 0 Å². The van der Waals surface area contributed by atoms with Crippen LogP contribution in [0.3, 0.4) is 0 Å². The Hall–Kier alpha value is -1.72. The summed E-state index contributed by atoms with van der Waals surface area (Å²) in [7, 11) is 0. The van der Waals surface area contributed by atoms with Crippen LogP contribution in [0.15, 0.2) is 23.7 Å². The number of carbonyl (C=O) groups excluding carboxylic acids is 1. The summed E-state index contributed by atoms with van der Waals surface area (Å²) < 4.78 is 0. The minimum Gasteiger partial charge on any atom is -0.349 e. The maximum absolute atomic E-state index is 12.6. The van der Waals surface area contributed by atoms with Gasteiger partial charge in [-0.15, -0.1) is 11.3 Å². The highest BCUT2D eigenvalue weighted by Gasteiger charge is 2.25. The first-order valence-electron chi connectivity index (χ1n) is 9.54. The third-order valence-corrected chi connectivity index (χ3v) is 6.32. The predicted molar refractivity (Wildman–Crippen MR) is 108 cm³/mol. The van der Waals surface area contributed by atoms with Gasteiger partial charge in [0.15, 0.2) is 0 Å². The normalized spacial score (nSPS) is 15.7. The van der Waals surface area contributed by atoms with Gasteiger partial charge in [-0.25, -0.2) is 0 Å². The fourth-order valence-corrected chi connectivity index (χ4v) is 4.27. The van der Waals surface area contributed by atoms with Crippen molar-refractivity contribution in [3.05, 3.63) is 51.0 Å². The van der Waals surface area contributed by atoms with E-state index in [2.05, 4.69) is 55.0 Å². The van der Waals surface area contributed by atoms with E-state index in [0.717, 1.165) is 43.7 Å². The van der Waals surface area contributed by atoms with Gasteiger partial charge in [-0.1, -0.05) is 26.8 Å². The van der Waals surface area contributed by atoms with Gasteiger partial charge in [0.2, 0.25) is 0 Å². The summed E-state index contributed by atoms with van der Waals surface area (Å²) in [5.74, 6) is 0.518. The Morgan fingerprint density at radius 1 is 1.35 bits per heavy atom. The second-order valence-corrected chi connectivity index (χ2v) is 8.49. The van der Waals surface area contributed by atoms with Crippen LogP contribution in [0.25, 0.3) is 0 Å². The average Bonchev–Trinajstić information content (AvgIpc) is 3.05. The van der Waals surface area contributed by atoms with Crippen LogP contribution < -0.4 is 5.32 Å². The van der Waals surface area contributed by atoms with Crippen LogP contribution >= 0.6 is 11.3 Å². The van der Waals surface area contributed by atoms with Crippen LogP contribution in [0.2, 0.25) is 0 Å². The largest absolute Gasteiger partial charge is 0.349 e. The van der Waals surface area contributed by atoms with Crippen molar-refractivity contribution in [3.8, 4) is 0 Å². The smallest absolute Gasteiger partial charge is 0.252 e. The zero-order chi connectivity index (χ0) is 18.7. The molecule has 1 aliphatic heterocycles. The number of nitrogens with one attached hydrogen (secondary N) is 1. The zero-order valence-electron chi connectivity index (χ0n) is 16.2. The van der Waals surface area contributed by atoms with Crippen molar-refractivity contribution in [1.82, 2.24) is 15.2 Å². The molecule has 26 heavy (non-hydrogen) atoms. The van der Waals surface area contributed by atoms with Gasteiger partial charge in [0.25, 0.3) is 5.91 Å². The summed E-state index contributed by atoms with van der Waals surface area (Å²) in [6.07, 6.45) is 3.94. The van der Waals surface area contributed by atoms with Crippen molar-refractivity contribution in [1.29, 1.82) is 0 Å². The van der Waals surface area contributed by atoms with Gasteiger partial charge >= 0.3 is 0 Å². The molecule has 2 aromatic rings. The molecule has 140 valence electrons. The maximum atomic E-state index is 12.6. The fraction of sp³-hybridized carbons (Fsp3) is 0.524. The van der Waals surface area contributed by atoms with E-state index in [4.69, 9.17) is 0 Å². The number of rotatable bonds is 6. The van der Waals surface area contributed by atoms with Gasteiger partial charge in [0.1, 0.15) is 0 Å². The highest BCUT2D eigenvalue weighted by atomic mass is 32.1. The summed E-state index contributed by atoms with van der Waals surface area (Å²) >= 11 is 1.71. The number of nitrogens with zero attached hydrogens (tertiary/aromatic N) is 2. The standard InChI is InChI=1S/C21H29N3OS/c1-5-16-6-7-17(22-10-16)11-24-9-8-18-19(13-26-20(18)12-24)21(25)23-15(4)14(2)3/h6-7,10,13-15H,5,8-9,11-12H2,1-4H3,(H,23,25)/t15-/m1/s1. The molecule has 0 radical (unpaired) electrons. The molecule has 1 amide bonds. The summed E-state index contributed by atoms with van der Waals surface area (Å²) in [4.78, 5) is 20.9. The van der Waals surface area contributed by atoms with Gasteiger partial charge in [0, 0.05) is 42.1 Å². The third-order valence-electron chi connectivity index (χ3n) is 5.31. The number of carbonyl (C=O) groups is 1. The Morgan fingerprint density at radius 3 is 2.81 bits per heavy atom. The lowest BCUT2D eigenvalue weighted by Gasteiger charge is -2.27. The fourth-order valence-electron chi connectivity index (χ4n) is 3.14. The molecule has 0 aromatic carbocycles. The van der Waals surface area contributed by atoms with E-state index in [9.17, 15) is 4.79 Å². The summed E-state index contributed by atoms with van der Waals surface area (Å²) in [5.41, 5.74) is 4.52. The van der Waals surface area contributed by atoms with Crippen LogP contribution in [-0.2, 0) is 25.9 Å². The monoisotopic (exact) mass is 371 g/mol. The molecule has 0 bridgehead atoms. The molecule has 5 heteroatoms. The van der Waals surface area contributed by atoms with Gasteiger partial charge in [-0.3, -0.25) is 14.7 Å². The predicted octanol–water partition coefficient (Wildman–Crippen LogP) is 4.04. The molecule has 2 aromatic heterocycles. The van der Waals surface area contributed by atoms with Crippen LogP contribution in [0.5, 0.6) is 0 Å². The Morgan fingerprint density at radius 2 is 2.15 bits per heavy atom. The summed E-state index contributed by atoms with van der Waals surface area (Å²) in [6, 6.07) is 4.49. The molecular formula is C21H29N3OS. The lowest BCUT2D eigenvalue weighted by molar-refractivity contribution is 0.0929. The van der Waals surface area contributed by atoms with Crippen molar-refractivity contribution in [2.24, 2.45) is 5.92 Å². The van der Waals surface area contributed by atoms with E-state index in [1.165, 1.54) is 16.0 Å². The van der Waals surface area contributed by atoms with Crippen LogP contribution in [0.1, 0.15) is 59.8 Å². The minimum absolute atomic E-state index is 0.0778. The Bertz CT molecular complexity index is 751. The van der Waals surface area contributed by atoms with Crippen LogP contribution in [0.4, 0.5) is 0 Å². The highest BCUT2D eigenvalue weighted by molar-refractivity contribution is 7.10. The number of aryl methyl sites for hydroxylation is 1. The number of aromatic nitrogens is 1. The number of thiophene rings is 1. The second kappa shape index (κ2) is 8.31. The van der Waals surface area contributed by atoms with Gasteiger partial charge < -0.3 is 5.32 Å². The molecule has 0 spiro atoms. The van der Waals surface area contributed by atoms with Gasteiger partial charge in [-0.05, 0) is 42.9 Å². The van der Waals surface area contributed by atoms with Crippen molar-refractivity contribution < 1.29 is 4.79 Å². The number of pyridine rings is 1.